The van der Waals surface area contributed by atoms with Crippen LogP contribution in [0, 0.1) is 0 Å². The predicted molar refractivity (Wildman–Crippen MR) is 153 cm³/mol. The van der Waals surface area contributed by atoms with Crippen molar-refractivity contribution in [3.8, 4) is 11.3 Å². The number of nitrogens with zero attached hydrogens (tertiary/aromatic N) is 4. The maximum Gasteiger partial charge on any atom is 0.0862 e. The quantitative estimate of drug-likeness (QED) is 0.307. The van der Waals surface area contributed by atoms with Crippen molar-refractivity contribution < 1.29 is 0 Å². The van der Waals surface area contributed by atoms with E-state index in [0.717, 1.165) is 56.1 Å². The molecule has 35 heavy (non-hydrogen) atoms. The second kappa shape index (κ2) is 11.7. The number of aromatic nitrogens is 2. The molecule has 1 aliphatic rings. The maximum atomic E-state index is 4.98. The molecule has 0 unspecified atom stereocenters. The van der Waals surface area contributed by atoms with Crippen molar-refractivity contribution in [3.05, 3.63) is 84.1 Å². The van der Waals surface area contributed by atoms with Gasteiger partial charge in [0.1, 0.15) is 0 Å². The summed E-state index contributed by atoms with van der Waals surface area (Å²) in [6.45, 7) is 12.8. The van der Waals surface area contributed by atoms with E-state index in [1.54, 1.807) is 0 Å². The topological polar surface area (TPSA) is 24.3 Å². The smallest absolute Gasteiger partial charge is 0.0862 e. The fraction of sp³-hybridized carbons (Fsp3) is 0.323. The first-order valence-electron chi connectivity index (χ1n) is 13.0. The van der Waals surface area contributed by atoms with E-state index in [0.29, 0.717) is 0 Å². The minimum atomic E-state index is 0.959. The van der Waals surface area contributed by atoms with Crippen molar-refractivity contribution in [3.63, 3.8) is 0 Å². The lowest BCUT2D eigenvalue weighted by Crippen LogP contribution is -2.21. The van der Waals surface area contributed by atoms with Crippen LogP contribution in [0.15, 0.2) is 72.8 Å². The predicted octanol–water partition coefficient (Wildman–Crippen LogP) is 7.60. The molecule has 3 aromatic rings. The fourth-order valence-electron chi connectivity index (χ4n) is 4.64. The van der Waals surface area contributed by atoms with Crippen LogP contribution in [0.2, 0.25) is 0 Å². The summed E-state index contributed by atoms with van der Waals surface area (Å²) in [5.74, 6) is 0. The third-order valence-electron chi connectivity index (χ3n) is 6.71. The summed E-state index contributed by atoms with van der Waals surface area (Å²) in [6, 6.07) is 19.8. The molecule has 0 radical (unpaired) electrons. The van der Waals surface area contributed by atoms with Crippen LogP contribution in [-0.4, -0.2) is 36.0 Å². The van der Waals surface area contributed by atoms with Gasteiger partial charge in [-0.25, -0.2) is 4.68 Å². The normalized spacial score (nSPS) is 13.3. The molecule has 0 fully saturated rings. The summed E-state index contributed by atoms with van der Waals surface area (Å²) >= 11 is 0. The SMILES string of the molecule is CCN(CC)c1ccc(/C=C/c2cc(-c3ccc(N(CC)CC)cc3)n(C3=CCCC=C3)n2)cc1. The highest BCUT2D eigenvalue weighted by molar-refractivity contribution is 5.75. The molecule has 2 aromatic carbocycles. The van der Waals surface area contributed by atoms with Crippen LogP contribution >= 0.6 is 0 Å². The number of rotatable bonds is 10. The summed E-state index contributed by atoms with van der Waals surface area (Å²) in [5.41, 5.74) is 8.10. The molecule has 0 atom stereocenters. The summed E-state index contributed by atoms with van der Waals surface area (Å²) in [4.78, 5) is 4.73. The van der Waals surface area contributed by atoms with Crippen molar-refractivity contribution in [1.82, 2.24) is 9.78 Å². The molecule has 4 heteroatoms. The van der Waals surface area contributed by atoms with E-state index in [4.69, 9.17) is 5.10 Å². The second-order valence-corrected chi connectivity index (χ2v) is 8.79. The minimum absolute atomic E-state index is 0.959. The first-order valence-corrected chi connectivity index (χ1v) is 13.0. The first kappa shape index (κ1) is 24.6. The van der Waals surface area contributed by atoms with E-state index in [-0.39, 0.29) is 0 Å². The van der Waals surface area contributed by atoms with Crippen molar-refractivity contribution in [2.75, 3.05) is 36.0 Å². The van der Waals surface area contributed by atoms with Gasteiger partial charge in [0.25, 0.3) is 0 Å². The van der Waals surface area contributed by atoms with Gasteiger partial charge in [-0.15, -0.1) is 0 Å². The Morgan fingerprint density at radius 3 is 1.91 bits per heavy atom. The van der Waals surface area contributed by atoms with Gasteiger partial charge in [0.05, 0.1) is 17.1 Å². The molecule has 1 aromatic heterocycles. The second-order valence-electron chi connectivity index (χ2n) is 8.79. The average molecular weight is 467 g/mol. The highest BCUT2D eigenvalue weighted by Gasteiger charge is 2.13. The van der Waals surface area contributed by atoms with Crippen LogP contribution < -0.4 is 9.80 Å². The van der Waals surface area contributed by atoms with E-state index in [1.165, 1.54) is 22.5 Å². The molecule has 0 N–H and O–H groups in total. The molecule has 4 nitrogen and oxygen atoms in total. The zero-order valence-corrected chi connectivity index (χ0v) is 21.6. The standard InChI is InChI=1S/C31H38N4/c1-5-33(6-2)28-20-15-25(16-21-28)14-19-27-24-31(35(32-27)30-12-10-9-11-13-30)26-17-22-29(23-18-26)34(7-3)8-4/h10,12-24H,5-9,11H2,1-4H3/b19-14+. The van der Waals surface area contributed by atoms with E-state index < -0.39 is 0 Å². The number of hydrogen-bond acceptors (Lipinski definition) is 3. The van der Waals surface area contributed by atoms with Gasteiger partial charge in [0.2, 0.25) is 0 Å². The van der Waals surface area contributed by atoms with Crippen molar-refractivity contribution in [1.29, 1.82) is 0 Å². The third kappa shape index (κ3) is 5.76. The van der Waals surface area contributed by atoms with E-state index in [2.05, 4.69) is 127 Å². The summed E-state index contributed by atoms with van der Waals surface area (Å²) in [7, 11) is 0. The molecule has 0 saturated carbocycles. The number of benzene rings is 2. The third-order valence-corrected chi connectivity index (χ3v) is 6.71. The zero-order chi connectivity index (χ0) is 24.6. The molecule has 0 bridgehead atoms. The van der Waals surface area contributed by atoms with Gasteiger partial charge in [0.15, 0.2) is 0 Å². The van der Waals surface area contributed by atoms with Gasteiger partial charge in [0, 0.05) is 43.1 Å². The van der Waals surface area contributed by atoms with Crippen LogP contribution in [-0.2, 0) is 0 Å². The van der Waals surface area contributed by atoms with Gasteiger partial charge in [-0.2, -0.15) is 5.10 Å². The Hall–Kier alpha value is -3.53. The first-order chi connectivity index (χ1) is 17.2. The highest BCUT2D eigenvalue weighted by atomic mass is 15.3. The Morgan fingerprint density at radius 2 is 1.37 bits per heavy atom. The maximum absolute atomic E-state index is 4.98. The molecule has 0 aliphatic heterocycles. The van der Waals surface area contributed by atoms with Crippen molar-refractivity contribution >= 4 is 29.2 Å². The molecule has 1 aliphatic carbocycles. The Kier molecular flexibility index (Phi) is 8.25. The van der Waals surface area contributed by atoms with Crippen LogP contribution in [0.5, 0.6) is 0 Å². The molecule has 1 heterocycles. The van der Waals surface area contributed by atoms with Gasteiger partial charge in [-0.1, -0.05) is 42.5 Å². The Bertz CT molecular complexity index is 1170. The lowest BCUT2D eigenvalue weighted by atomic mass is 10.1. The number of allylic oxidation sites excluding steroid dienone is 4. The molecule has 0 spiro atoms. The lowest BCUT2D eigenvalue weighted by Gasteiger charge is -2.21. The number of anilines is 2. The number of hydrogen-bond donors (Lipinski definition) is 0. The molecule has 182 valence electrons. The lowest BCUT2D eigenvalue weighted by molar-refractivity contribution is 0.866. The van der Waals surface area contributed by atoms with Gasteiger partial charge < -0.3 is 9.80 Å². The Morgan fingerprint density at radius 1 is 0.771 bits per heavy atom. The molecule has 0 amide bonds. The van der Waals surface area contributed by atoms with Crippen LogP contribution in [0.1, 0.15) is 51.8 Å². The van der Waals surface area contributed by atoms with E-state index in [9.17, 15) is 0 Å². The largest absolute Gasteiger partial charge is 0.372 e. The van der Waals surface area contributed by atoms with Crippen molar-refractivity contribution in [2.45, 2.75) is 40.5 Å². The Labute approximate surface area is 210 Å². The molecule has 0 saturated heterocycles. The Balaban J connectivity index is 1.63. The fourth-order valence-corrected chi connectivity index (χ4v) is 4.64. The average Bonchev–Trinajstić information content (AvgIpc) is 3.35. The van der Waals surface area contributed by atoms with Gasteiger partial charge in [-0.05, 0) is 88.6 Å². The monoisotopic (exact) mass is 466 g/mol. The molecule has 4 rings (SSSR count). The zero-order valence-electron chi connectivity index (χ0n) is 21.6. The minimum Gasteiger partial charge on any atom is -0.372 e. The van der Waals surface area contributed by atoms with Gasteiger partial charge >= 0.3 is 0 Å². The highest BCUT2D eigenvalue weighted by Crippen LogP contribution is 2.29. The van der Waals surface area contributed by atoms with E-state index in [1.807, 2.05) is 0 Å². The summed E-state index contributed by atoms with van der Waals surface area (Å²) < 4.78 is 2.09. The van der Waals surface area contributed by atoms with Crippen molar-refractivity contribution in [2.24, 2.45) is 0 Å². The molecular weight excluding hydrogens is 428 g/mol. The van der Waals surface area contributed by atoms with Gasteiger partial charge in [-0.3, -0.25) is 0 Å². The van der Waals surface area contributed by atoms with Crippen LogP contribution in [0.3, 0.4) is 0 Å². The summed E-state index contributed by atoms with van der Waals surface area (Å²) in [6.07, 6.45) is 13.1. The molecular formula is C31H38N4. The van der Waals surface area contributed by atoms with Crippen LogP contribution in [0.25, 0.3) is 29.1 Å². The van der Waals surface area contributed by atoms with Crippen LogP contribution in [0.4, 0.5) is 11.4 Å². The van der Waals surface area contributed by atoms with E-state index >= 15 is 0 Å². The summed E-state index contributed by atoms with van der Waals surface area (Å²) in [5, 5.41) is 4.98.